The molecule has 1 amide bonds. The number of hydrogen-bond acceptors (Lipinski definition) is 6. The fraction of sp³-hybridized carbons (Fsp3) is 0.235. The van der Waals surface area contributed by atoms with Gasteiger partial charge < -0.3 is 14.6 Å². The minimum atomic E-state index is -0.176. The fourth-order valence-corrected chi connectivity index (χ4v) is 3.19. The molecule has 0 aliphatic heterocycles. The van der Waals surface area contributed by atoms with E-state index in [2.05, 4.69) is 14.8 Å². The van der Waals surface area contributed by atoms with Gasteiger partial charge in [0.05, 0.1) is 18.4 Å². The normalized spacial score (nSPS) is 10.7. The molecule has 0 saturated heterocycles. The lowest BCUT2D eigenvalue weighted by Crippen LogP contribution is -2.11. The van der Waals surface area contributed by atoms with E-state index in [1.54, 1.807) is 19.4 Å². The van der Waals surface area contributed by atoms with E-state index in [1.807, 2.05) is 32.9 Å². The van der Waals surface area contributed by atoms with Crippen molar-refractivity contribution in [2.24, 2.45) is 0 Å². The molecule has 124 valence electrons. The van der Waals surface area contributed by atoms with Crippen LogP contribution in [0.5, 0.6) is 5.75 Å². The molecule has 1 N–H and O–H groups in total. The summed E-state index contributed by atoms with van der Waals surface area (Å²) in [4.78, 5) is 13.0. The second kappa shape index (κ2) is 6.45. The Balaban J connectivity index is 1.98. The summed E-state index contributed by atoms with van der Waals surface area (Å²) < 4.78 is 14.7. The van der Waals surface area contributed by atoms with Crippen molar-refractivity contribution in [1.29, 1.82) is 0 Å². The first-order valence-corrected chi connectivity index (χ1v) is 8.12. The van der Waals surface area contributed by atoms with Gasteiger partial charge in [0.15, 0.2) is 0 Å². The number of hydrogen-bond donors (Lipinski definition) is 1. The number of methoxy groups -OCH3 is 1. The maximum atomic E-state index is 12.4. The molecule has 0 saturated carbocycles. The van der Waals surface area contributed by atoms with Gasteiger partial charge in [-0.25, -0.2) is 4.37 Å². The van der Waals surface area contributed by atoms with Crippen LogP contribution >= 0.6 is 11.5 Å². The van der Waals surface area contributed by atoms with Crippen LogP contribution in [0.15, 0.2) is 28.9 Å². The van der Waals surface area contributed by atoms with Crippen LogP contribution in [0.4, 0.5) is 5.69 Å². The highest BCUT2D eigenvalue weighted by atomic mass is 32.1. The van der Waals surface area contributed by atoms with Crippen LogP contribution in [0.25, 0.3) is 11.1 Å². The molecule has 0 unspecified atom stereocenters. The summed E-state index contributed by atoms with van der Waals surface area (Å²) in [6, 6.07) is 5.48. The Kier molecular flexibility index (Phi) is 4.35. The van der Waals surface area contributed by atoms with E-state index in [-0.39, 0.29) is 5.91 Å². The molecule has 24 heavy (non-hydrogen) atoms. The van der Waals surface area contributed by atoms with Crippen LogP contribution in [0.3, 0.4) is 0 Å². The SMILES string of the molecule is COc1ccc(NC(=O)c2sncc2C)cc1-c1c(C)noc1C. The molecule has 0 atom stereocenters. The minimum Gasteiger partial charge on any atom is -0.496 e. The molecule has 6 nitrogen and oxygen atoms in total. The van der Waals surface area contributed by atoms with Gasteiger partial charge in [-0.15, -0.1) is 0 Å². The quantitative estimate of drug-likeness (QED) is 0.775. The predicted molar refractivity (Wildman–Crippen MR) is 92.8 cm³/mol. The van der Waals surface area contributed by atoms with E-state index in [9.17, 15) is 4.79 Å². The molecular formula is C17H17N3O3S. The molecule has 0 aliphatic rings. The summed E-state index contributed by atoms with van der Waals surface area (Å²) in [5, 5.41) is 6.89. The van der Waals surface area contributed by atoms with Crippen molar-refractivity contribution in [2.75, 3.05) is 12.4 Å². The molecule has 2 heterocycles. The lowest BCUT2D eigenvalue weighted by Gasteiger charge is -2.11. The maximum absolute atomic E-state index is 12.4. The lowest BCUT2D eigenvalue weighted by molar-refractivity contribution is 0.103. The van der Waals surface area contributed by atoms with E-state index in [0.29, 0.717) is 22.1 Å². The molecule has 2 aromatic heterocycles. The Morgan fingerprint density at radius 3 is 2.67 bits per heavy atom. The number of nitrogens with zero attached hydrogens (tertiary/aromatic N) is 2. The van der Waals surface area contributed by atoms with E-state index in [1.165, 1.54) is 11.5 Å². The van der Waals surface area contributed by atoms with Crippen molar-refractivity contribution in [3.63, 3.8) is 0 Å². The molecule has 0 radical (unpaired) electrons. The van der Waals surface area contributed by atoms with Gasteiger partial charge in [0, 0.05) is 17.4 Å². The van der Waals surface area contributed by atoms with Gasteiger partial charge in [-0.2, -0.15) is 0 Å². The van der Waals surface area contributed by atoms with Crippen LogP contribution in [-0.4, -0.2) is 22.5 Å². The second-order valence-electron chi connectivity index (χ2n) is 5.41. The lowest BCUT2D eigenvalue weighted by atomic mass is 10.0. The number of rotatable bonds is 4. The van der Waals surface area contributed by atoms with Crippen molar-refractivity contribution in [3.05, 3.63) is 46.3 Å². The number of carbonyl (C=O) groups excluding carboxylic acids is 1. The van der Waals surface area contributed by atoms with Crippen LogP contribution in [0.1, 0.15) is 26.7 Å². The van der Waals surface area contributed by atoms with Gasteiger partial charge in [-0.3, -0.25) is 4.79 Å². The maximum Gasteiger partial charge on any atom is 0.267 e. The van der Waals surface area contributed by atoms with Gasteiger partial charge in [0.1, 0.15) is 16.4 Å². The van der Waals surface area contributed by atoms with Crippen LogP contribution < -0.4 is 10.1 Å². The number of benzene rings is 1. The van der Waals surface area contributed by atoms with Crippen molar-refractivity contribution >= 4 is 23.1 Å². The summed E-state index contributed by atoms with van der Waals surface area (Å²) >= 11 is 1.18. The van der Waals surface area contributed by atoms with Crippen LogP contribution in [0, 0.1) is 20.8 Å². The average Bonchev–Trinajstić information content (AvgIpc) is 3.13. The van der Waals surface area contributed by atoms with Gasteiger partial charge in [0.25, 0.3) is 5.91 Å². The molecule has 3 aromatic rings. The van der Waals surface area contributed by atoms with Gasteiger partial charge in [0.2, 0.25) is 0 Å². The number of ether oxygens (including phenoxy) is 1. The Morgan fingerprint density at radius 2 is 2.08 bits per heavy atom. The summed E-state index contributed by atoms with van der Waals surface area (Å²) in [7, 11) is 1.61. The van der Waals surface area contributed by atoms with E-state index < -0.39 is 0 Å². The van der Waals surface area contributed by atoms with E-state index in [0.717, 1.165) is 22.4 Å². The summed E-state index contributed by atoms with van der Waals surface area (Å²) in [6.07, 6.45) is 1.68. The molecule has 0 spiro atoms. The summed E-state index contributed by atoms with van der Waals surface area (Å²) in [5.41, 5.74) is 4.00. The average molecular weight is 343 g/mol. The third kappa shape index (κ3) is 2.90. The Labute approximate surface area is 143 Å². The highest BCUT2D eigenvalue weighted by molar-refractivity contribution is 7.08. The highest BCUT2D eigenvalue weighted by Gasteiger charge is 2.18. The number of aromatic nitrogens is 2. The second-order valence-corrected chi connectivity index (χ2v) is 6.21. The summed E-state index contributed by atoms with van der Waals surface area (Å²) in [5.74, 6) is 1.22. The zero-order chi connectivity index (χ0) is 17.3. The molecule has 0 aliphatic carbocycles. The van der Waals surface area contributed by atoms with Gasteiger partial charge in [-0.1, -0.05) is 5.16 Å². The molecule has 0 fully saturated rings. The topological polar surface area (TPSA) is 77.2 Å². The van der Waals surface area contributed by atoms with Gasteiger partial charge in [-0.05, 0) is 56.1 Å². The zero-order valence-corrected chi connectivity index (χ0v) is 14.7. The van der Waals surface area contributed by atoms with Crippen molar-refractivity contribution in [1.82, 2.24) is 9.53 Å². The molecule has 3 rings (SSSR count). The first kappa shape index (κ1) is 16.2. The Hall–Kier alpha value is -2.67. The number of carbonyl (C=O) groups is 1. The minimum absolute atomic E-state index is 0.176. The number of anilines is 1. The van der Waals surface area contributed by atoms with E-state index >= 15 is 0 Å². The third-order valence-corrected chi connectivity index (χ3v) is 4.62. The van der Waals surface area contributed by atoms with Gasteiger partial charge >= 0.3 is 0 Å². The first-order chi connectivity index (χ1) is 11.5. The number of amides is 1. The Bertz CT molecular complexity index is 879. The van der Waals surface area contributed by atoms with Crippen molar-refractivity contribution in [3.8, 4) is 16.9 Å². The molecule has 0 bridgehead atoms. The van der Waals surface area contributed by atoms with Crippen molar-refractivity contribution < 1.29 is 14.1 Å². The molecular weight excluding hydrogens is 326 g/mol. The largest absolute Gasteiger partial charge is 0.496 e. The van der Waals surface area contributed by atoms with Crippen molar-refractivity contribution in [2.45, 2.75) is 20.8 Å². The summed E-state index contributed by atoms with van der Waals surface area (Å²) in [6.45, 7) is 5.58. The predicted octanol–water partition coefficient (Wildman–Crippen LogP) is 3.98. The standard InChI is InChI=1S/C17H17N3O3S/c1-9-8-18-24-16(9)17(21)19-12-5-6-14(22-4)13(7-12)15-10(2)20-23-11(15)3/h5-8H,1-4H3,(H,19,21). The highest BCUT2D eigenvalue weighted by Crippen LogP contribution is 2.36. The molecule has 7 heteroatoms. The fourth-order valence-electron chi connectivity index (χ4n) is 2.55. The monoisotopic (exact) mass is 343 g/mol. The number of nitrogens with one attached hydrogen (secondary N) is 1. The number of aryl methyl sites for hydroxylation is 3. The smallest absolute Gasteiger partial charge is 0.267 e. The third-order valence-electron chi connectivity index (χ3n) is 3.71. The zero-order valence-electron chi connectivity index (χ0n) is 13.8. The van der Waals surface area contributed by atoms with Crippen LogP contribution in [0.2, 0.25) is 0 Å². The molecule has 1 aromatic carbocycles. The Morgan fingerprint density at radius 1 is 1.29 bits per heavy atom. The first-order valence-electron chi connectivity index (χ1n) is 7.35. The van der Waals surface area contributed by atoms with E-state index in [4.69, 9.17) is 9.26 Å². The van der Waals surface area contributed by atoms with Crippen LogP contribution in [-0.2, 0) is 0 Å².